The van der Waals surface area contributed by atoms with Crippen LogP contribution in [0.15, 0.2) is 72.8 Å². The number of aliphatic carboxylic acids is 1. The molecule has 2 atom stereocenters. The molecule has 38 heavy (non-hydrogen) atoms. The number of benzene rings is 3. The van der Waals surface area contributed by atoms with E-state index < -0.39 is 47.7 Å². The van der Waals surface area contributed by atoms with Crippen LogP contribution in [0.2, 0.25) is 10.0 Å². The molecule has 0 heterocycles. The fraction of sp³-hybridized carbons (Fsp3) is 0.0800. The number of rotatable bonds is 8. The lowest BCUT2D eigenvalue weighted by molar-refractivity contribution is -0.159. The van der Waals surface area contributed by atoms with Gasteiger partial charge in [-0.05, 0) is 60.7 Å². The number of nitrogens with one attached hydrogen (secondary N) is 2. The highest BCUT2D eigenvalue weighted by atomic mass is 35.5. The summed E-state index contributed by atoms with van der Waals surface area (Å²) >= 11 is 11.6. The normalized spacial score (nSPS) is 11.9. The molecule has 4 N–H and O–H groups in total. The molecular weight excluding hydrogens is 543 g/mol. The molecule has 2 amide bonds. The van der Waals surface area contributed by atoms with Crippen LogP contribution >= 0.6 is 23.2 Å². The van der Waals surface area contributed by atoms with Crippen LogP contribution in [-0.2, 0) is 19.1 Å². The van der Waals surface area contributed by atoms with Gasteiger partial charge in [0.15, 0.2) is 0 Å². The Morgan fingerprint density at radius 2 is 1.16 bits per heavy atom. The van der Waals surface area contributed by atoms with Gasteiger partial charge in [0.2, 0.25) is 12.2 Å². The van der Waals surface area contributed by atoms with Gasteiger partial charge in [-0.15, -0.1) is 0 Å². The summed E-state index contributed by atoms with van der Waals surface area (Å²) in [6, 6.07) is 15.8. The summed E-state index contributed by atoms with van der Waals surface area (Å²) in [5, 5.41) is 20.1. The van der Waals surface area contributed by atoms with Crippen molar-refractivity contribution in [3.05, 3.63) is 99.5 Å². The Morgan fingerprint density at radius 1 is 0.684 bits per heavy atom. The number of phenolic OH excluding ortho intramolecular Hbond substituents is 1. The van der Waals surface area contributed by atoms with Crippen molar-refractivity contribution in [1.29, 1.82) is 0 Å². The second-order valence-electron chi connectivity index (χ2n) is 7.46. The second-order valence-corrected chi connectivity index (χ2v) is 8.34. The van der Waals surface area contributed by atoms with Gasteiger partial charge in [-0.1, -0.05) is 35.3 Å². The van der Waals surface area contributed by atoms with Crippen molar-refractivity contribution >= 4 is 52.9 Å². The van der Waals surface area contributed by atoms with Gasteiger partial charge < -0.3 is 19.7 Å². The maximum Gasteiger partial charge on any atom is 0.349 e. The standard InChI is InChI=1S/C25H18Cl2N2O9/c26-15-9-5-13(6-10-15)24(35)37-19(22(32)29-28-21(31)17-3-1-2-4-18(17)30)20(23(33)34)38-25(36)14-7-11-16(27)12-8-14/h1-12,19-20,30H,(H,28,31)(H,29,32)(H,33,34)/t19-,20-/m0/s1. The van der Waals surface area contributed by atoms with E-state index in [1.165, 1.54) is 72.8 Å². The van der Waals surface area contributed by atoms with E-state index in [0.29, 0.717) is 10.0 Å². The number of aromatic hydroxyl groups is 1. The lowest BCUT2D eigenvalue weighted by Gasteiger charge is -2.23. The molecule has 0 saturated carbocycles. The predicted octanol–water partition coefficient (Wildman–Crippen LogP) is 3.00. The van der Waals surface area contributed by atoms with Crippen molar-refractivity contribution in [2.75, 3.05) is 0 Å². The molecule has 0 bridgehead atoms. The molecule has 0 aliphatic rings. The number of carbonyl (C=O) groups is 5. The first-order chi connectivity index (χ1) is 18.1. The van der Waals surface area contributed by atoms with Crippen molar-refractivity contribution in [2.24, 2.45) is 0 Å². The van der Waals surface area contributed by atoms with Crippen LogP contribution in [0.1, 0.15) is 31.1 Å². The lowest BCUT2D eigenvalue weighted by atomic mass is 10.1. The molecule has 0 fully saturated rings. The van der Waals surface area contributed by atoms with E-state index in [-0.39, 0.29) is 16.7 Å². The fourth-order valence-electron chi connectivity index (χ4n) is 2.96. The summed E-state index contributed by atoms with van der Waals surface area (Å²) in [6.07, 6.45) is -4.60. The molecule has 196 valence electrons. The summed E-state index contributed by atoms with van der Waals surface area (Å²) < 4.78 is 10.1. The van der Waals surface area contributed by atoms with E-state index >= 15 is 0 Å². The van der Waals surface area contributed by atoms with Gasteiger partial charge in [-0.25, -0.2) is 14.4 Å². The summed E-state index contributed by atoms with van der Waals surface area (Å²) in [4.78, 5) is 62.6. The molecule has 0 aliphatic heterocycles. The highest BCUT2D eigenvalue weighted by molar-refractivity contribution is 6.31. The fourth-order valence-corrected chi connectivity index (χ4v) is 3.21. The van der Waals surface area contributed by atoms with Crippen molar-refractivity contribution in [3.63, 3.8) is 0 Å². The van der Waals surface area contributed by atoms with E-state index in [2.05, 4.69) is 0 Å². The average Bonchev–Trinajstić information content (AvgIpc) is 2.89. The minimum absolute atomic E-state index is 0.0985. The third kappa shape index (κ3) is 7.21. The average molecular weight is 561 g/mol. The number of amides is 2. The number of carboxylic acid groups (broad SMARTS) is 1. The first-order valence-electron chi connectivity index (χ1n) is 10.6. The van der Waals surface area contributed by atoms with Gasteiger partial charge in [-0.2, -0.15) is 0 Å². The van der Waals surface area contributed by atoms with Crippen molar-refractivity contribution in [1.82, 2.24) is 10.9 Å². The van der Waals surface area contributed by atoms with Gasteiger partial charge in [0, 0.05) is 10.0 Å². The Labute approximate surface area is 224 Å². The molecule has 0 saturated heterocycles. The monoisotopic (exact) mass is 560 g/mol. The molecule has 0 aromatic heterocycles. The Hall–Kier alpha value is -4.61. The van der Waals surface area contributed by atoms with Crippen LogP contribution < -0.4 is 10.9 Å². The zero-order chi connectivity index (χ0) is 27.8. The van der Waals surface area contributed by atoms with Gasteiger partial charge >= 0.3 is 17.9 Å². The molecule has 0 aliphatic carbocycles. The first kappa shape index (κ1) is 28.0. The molecule has 3 aromatic rings. The Bertz CT molecular complexity index is 1360. The van der Waals surface area contributed by atoms with Crippen LogP contribution in [0.4, 0.5) is 0 Å². The summed E-state index contributed by atoms with van der Waals surface area (Å²) in [5.41, 5.74) is 3.47. The molecule has 11 nitrogen and oxygen atoms in total. The van der Waals surface area contributed by atoms with Gasteiger partial charge in [0.05, 0.1) is 16.7 Å². The van der Waals surface area contributed by atoms with Gasteiger partial charge in [0.25, 0.3) is 11.8 Å². The maximum absolute atomic E-state index is 12.9. The summed E-state index contributed by atoms with van der Waals surface area (Å²) in [5.74, 6) is -6.86. The molecule has 3 rings (SSSR count). The molecule has 3 aromatic carbocycles. The number of hydrazine groups is 1. The highest BCUT2D eigenvalue weighted by Gasteiger charge is 2.41. The largest absolute Gasteiger partial charge is 0.507 e. The van der Waals surface area contributed by atoms with Crippen LogP contribution in [0.3, 0.4) is 0 Å². The maximum atomic E-state index is 12.9. The summed E-state index contributed by atoms with van der Waals surface area (Å²) in [7, 11) is 0. The Balaban J connectivity index is 1.85. The number of halogens is 2. The Kier molecular flexibility index (Phi) is 9.25. The number of esters is 2. The number of hydrogen-bond donors (Lipinski definition) is 4. The van der Waals surface area contributed by atoms with Crippen LogP contribution in [0.5, 0.6) is 5.75 Å². The molecule has 13 heteroatoms. The smallest absolute Gasteiger partial charge is 0.349 e. The van der Waals surface area contributed by atoms with Crippen LogP contribution in [0.25, 0.3) is 0 Å². The number of carboxylic acids is 1. The van der Waals surface area contributed by atoms with Gasteiger partial charge in [-0.3, -0.25) is 20.4 Å². The molecule has 0 spiro atoms. The quantitative estimate of drug-likeness (QED) is 0.239. The first-order valence-corrected chi connectivity index (χ1v) is 11.4. The van der Waals surface area contributed by atoms with E-state index in [4.69, 9.17) is 32.7 Å². The molecule has 0 unspecified atom stereocenters. The number of hydrogen-bond acceptors (Lipinski definition) is 8. The van der Waals surface area contributed by atoms with Crippen molar-refractivity contribution in [2.45, 2.75) is 12.2 Å². The topological polar surface area (TPSA) is 168 Å². The van der Waals surface area contributed by atoms with Crippen molar-refractivity contribution in [3.8, 4) is 5.75 Å². The van der Waals surface area contributed by atoms with Crippen LogP contribution in [0, 0.1) is 0 Å². The van der Waals surface area contributed by atoms with Gasteiger partial charge in [0.1, 0.15) is 5.75 Å². The van der Waals surface area contributed by atoms with Crippen LogP contribution in [-0.4, -0.2) is 52.1 Å². The zero-order valence-corrected chi connectivity index (χ0v) is 20.6. The number of ether oxygens (including phenoxy) is 2. The van der Waals surface area contributed by atoms with E-state index in [1.807, 2.05) is 10.9 Å². The van der Waals surface area contributed by atoms with Crippen molar-refractivity contribution < 1.29 is 43.7 Å². The third-order valence-electron chi connectivity index (χ3n) is 4.85. The second kappa shape index (κ2) is 12.6. The van der Waals surface area contributed by atoms with E-state index in [0.717, 1.165) is 0 Å². The zero-order valence-electron chi connectivity index (χ0n) is 19.1. The Morgan fingerprint density at radius 3 is 1.63 bits per heavy atom. The van der Waals surface area contributed by atoms with E-state index in [9.17, 15) is 34.2 Å². The molecule has 0 radical (unpaired) electrons. The molecular formula is C25H18Cl2N2O9. The lowest BCUT2D eigenvalue weighted by Crippen LogP contribution is -2.54. The third-order valence-corrected chi connectivity index (χ3v) is 5.36. The number of phenols is 1. The number of carbonyl (C=O) groups excluding carboxylic acids is 4. The minimum Gasteiger partial charge on any atom is -0.507 e. The highest BCUT2D eigenvalue weighted by Crippen LogP contribution is 2.17. The summed E-state index contributed by atoms with van der Waals surface area (Å²) in [6.45, 7) is 0. The SMILES string of the molecule is O=C(O[C@H](C(=O)O)[C@H](OC(=O)c1ccc(Cl)cc1)C(=O)NNC(=O)c1ccccc1O)c1ccc(Cl)cc1. The number of para-hydroxylation sites is 1. The predicted molar refractivity (Wildman–Crippen MR) is 133 cm³/mol. The van der Waals surface area contributed by atoms with E-state index in [1.54, 1.807) is 0 Å². The minimum atomic E-state index is -2.34.